The van der Waals surface area contributed by atoms with Crippen molar-refractivity contribution in [2.75, 3.05) is 13.2 Å². The van der Waals surface area contributed by atoms with Crippen LogP contribution < -0.4 is 5.32 Å². The molecule has 102 valence electrons. The van der Waals surface area contributed by atoms with Crippen molar-refractivity contribution in [2.24, 2.45) is 0 Å². The van der Waals surface area contributed by atoms with Gasteiger partial charge in [-0.3, -0.25) is 10.1 Å². The quantitative estimate of drug-likeness (QED) is 0.667. The Kier molecular flexibility index (Phi) is 2.44. The smallest absolute Gasteiger partial charge is 0.246 e. The van der Waals surface area contributed by atoms with Crippen LogP contribution in [0.3, 0.4) is 0 Å². The predicted molar refractivity (Wildman–Crippen MR) is 60.7 cm³/mol. The second kappa shape index (κ2) is 3.52. The average Bonchev–Trinajstić information content (AvgIpc) is 2.71. The third kappa shape index (κ3) is 1.80. The Morgan fingerprint density at radius 2 is 1.94 bits per heavy atom. The minimum Gasteiger partial charge on any atom is -0.342 e. The maximum absolute atomic E-state index is 12.5. The van der Waals surface area contributed by atoms with Crippen molar-refractivity contribution < 1.29 is 23.7 Å². The van der Waals surface area contributed by atoms with Crippen molar-refractivity contribution in [1.29, 1.82) is 0 Å². The van der Waals surface area contributed by atoms with E-state index in [9.17, 15) is 4.79 Å². The highest BCUT2D eigenvalue weighted by Crippen LogP contribution is 2.39. The molecule has 18 heavy (non-hydrogen) atoms. The second-order valence-electron chi connectivity index (χ2n) is 5.99. The largest absolute Gasteiger partial charge is 0.342 e. The van der Waals surface area contributed by atoms with E-state index in [-0.39, 0.29) is 11.9 Å². The van der Waals surface area contributed by atoms with Gasteiger partial charge < -0.3 is 18.9 Å². The maximum Gasteiger partial charge on any atom is 0.246 e. The number of hydrogen-bond acceptors (Lipinski definition) is 6. The van der Waals surface area contributed by atoms with Crippen molar-refractivity contribution in [2.45, 2.75) is 57.2 Å². The molecule has 1 N–H and O–H groups in total. The summed E-state index contributed by atoms with van der Waals surface area (Å²) in [6.07, 6.45) is -0.949. The van der Waals surface area contributed by atoms with Gasteiger partial charge >= 0.3 is 0 Å². The van der Waals surface area contributed by atoms with E-state index in [0.717, 1.165) is 0 Å². The van der Waals surface area contributed by atoms with Crippen LogP contribution in [0, 0.1) is 0 Å². The highest BCUT2D eigenvalue weighted by atomic mass is 16.8. The average molecular weight is 257 g/mol. The second-order valence-corrected chi connectivity index (χ2v) is 5.99. The molecule has 1 spiro atoms. The molecule has 3 atom stereocenters. The van der Waals surface area contributed by atoms with E-state index in [2.05, 4.69) is 5.32 Å². The summed E-state index contributed by atoms with van der Waals surface area (Å²) in [5.41, 5.74) is -0.572. The third-order valence-corrected chi connectivity index (χ3v) is 3.47. The van der Waals surface area contributed by atoms with Crippen LogP contribution >= 0.6 is 0 Å². The first-order valence-electron chi connectivity index (χ1n) is 6.22. The molecule has 6 nitrogen and oxygen atoms in total. The van der Waals surface area contributed by atoms with Crippen LogP contribution in [0.4, 0.5) is 0 Å². The molecular formula is C12H19NO5. The molecule has 3 aliphatic rings. The molecule has 0 aromatic heterocycles. The van der Waals surface area contributed by atoms with Gasteiger partial charge in [0.25, 0.3) is 0 Å². The van der Waals surface area contributed by atoms with Gasteiger partial charge in [-0.25, -0.2) is 0 Å². The summed E-state index contributed by atoms with van der Waals surface area (Å²) in [6.45, 7) is 7.95. The van der Waals surface area contributed by atoms with Gasteiger partial charge in [-0.1, -0.05) is 0 Å². The van der Waals surface area contributed by atoms with E-state index >= 15 is 0 Å². The topological polar surface area (TPSA) is 66.0 Å². The fourth-order valence-electron chi connectivity index (χ4n) is 2.72. The first kappa shape index (κ1) is 12.5. The number of ketones is 1. The van der Waals surface area contributed by atoms with Gasteiger partial charge in [0, 0.05) is 0 Å². The molecule has 0 saturated carbocycles. The minimum atomic E-state index is -1.23. The molecule has 3 heterocycles. The van der Waals surface area contributed by atoms with Gasteiger partial charge in [0.2, 0.25) is 11.6 Å². The normalized spacial score (nSPS) is 45.4. The number of hydrogen-bond donors (Lipinski definition) is 1. The molecule has 6 heteroatoms. The number of carbonyl (C=O) groups is 1. The standard InChI is InChI=1S/C12H19NO5/c1-10(2)13-6-12(18-10)9(14)8-7(5-15-12)16-11(3,4)17-8/h7-8,13H,5-6H2,1-4H3/t7-,8-,12+/m1/s1. The third-order valence-electron chi connectivity index (χ3n) is 3.47. The zero-order valence-electron chi connectivity index (χ0n) is 11.1. The SMILES string of the molecule is CC1(C)NC[C@]2(OC[C@H]3OC(C)(C)O[C@H]3C2=O)O1. The summed E-state index contributed by atoms with van der Waals surface area (Å²) in [6, 6.07) is 0. The Morgan fingerprint density at radius 3 is 2.56 bits per heavy atom. The Bertz CT molecular complexity index is 392. The van der Waals surface area contributed by atoms with Crippen molar-refractivity contribution in [3.05, 3.63) is 0 Å². The van der Waals surface area contributed by atoms with Crippen LogP contribution in [0.1, 0.15) is 27.7 Å². The van der Waals surface area contributed by atoms with E-state index < -0.39 is 23.4 Å². The lowest BCUT2D eigenvalue weighted by Crippen LogP contribution is -2.59. The zero-order chi connectivity index (χ0) is 13.2. The summed E-state index contributed by atoms with van der Waals surface area (Å²) in [5, 5.41) is 3.12. The van der Waals surface area contributed by atoms with E-state index in [4.69, 9.17) is 18.9 Å². The number of fused-ring (bicyclic) bond motifs is 1. The molecule has 3 rings (SSSR count). The molecule has 3 fully saturated rings. The summed E-state index contributed by atoms with van der Waals surface area (Å²) in [7, 11) is 0. The van der Waals surface area contributed by atoms with Crippen molar-refractivity contribution in [3.63, 3.8) is 0 Å². The summed E-state index contributed by atoms with van der Waals surface area (Å²) in [5.74, 6) is -2.17. The van der Waals surface area contributed by atoms with Crippen LogP contribution in [0.25, 0.3) is 0 Å². The Labute approximate surface area is 106 Å². The van der Waals surface area contributed by atoms with Gasteiger partial charge in [0.15, 0.2) is 11.9 Å². The molecule has 0 radical (unpaired) electrons. The van der Waals surface area contributed by atoms with Gasteiger partial charge in [0.05, 0.1) is 13.2 Å². The van der Waals surface area contributed by atoms with E-state index in [0.29, 0.717) is 13.2 Å². The van der Waals surface area contributed by atoms with E-state index in [1.807, 2.05) is 13.8 Å². The molecule has 0 bridgehead atoms. The molecule has 0 aromatic carbocycles. The predicted octanol–water partition coefficient (Wildman–Crippen LogP) is 0.158. The van der Waals surface area contributed by atoms with Crippen LogP contribution in [0.5, 0.6) is 0 Å². The molecule has 3 saturated heterocycles. The number of carbonyl (C=O) groups excluding carboxylic acids is 1. The van der Waals surface area contributed by atoms with Crippen molar-refractivity contribution in [1.82, 2.24) is 5.32 Å². The molecular weight excluding hydrogens is 238 g/mol. The van der Waals surface area contributed by atoms with E-state index in [1.54, 1.807) is 13.8 Å². The van der Waals surface area contributed by atoms with Crippen LogP contribution in [-0.2, 0) is 23.7 Å². The summed E-state index contributed by atoms with van der Waals surface area (Å²) < 4.78 is 22.7. The first-order valence-corrected chi connectivity index (χ1v) is 6.22. The maximum atomic E-state index is 12.5. The first-order chi connectivity index (χ1) is 8.23. The fourth-order valence-corrected chi connectivity index (χ4v) is 2.72. The molecule has 0 amide bonds. The van der Waals surface area contributed by atoms with Gasteiger partial charge in [0.1, 0.15) is 11.8 Å². The van der Waals surface area contributed by atoms with Crippen molar-refractivity contribution in [3.8, 4) is 0 Å². The number of Topliss-reactive ketones (excluding diaryl/α,β-unsaturated/α-hetero) is 1. The molecule has 0 unspecified atom stereocenters. The van der Waals surface area contributed by atoms with Gasteiger partial charge in [-0.2, -0.15) is 0 Å². The Balaban J connectivity index is 1.84. The van der Waals surface area contributed by atoms with Gasteiger partial charge in [-0.05, 0) is 27.7 Å². The lowest BCUT2D eigenvalue weighted by molar-refractivity contribution is -0.255. The molecule has 3 aliphatic heterocycles. The molecule has 0 aromatic rings. The highest BCUT2D eigenvalue weighted by molar-refractivity contribution is 5.92. The number of nitrogens with one attached hydrogen (secondary N) is 1. The van der Waals surface area contributed by atoms with Crippen LogP contribution in [-0.4, -0.2) is 48.4 Å². The molecule has 0 aliphatic carbocycles. The van der Waals surface area contributed by atoms with E-state index in [1.165, 1.54) is 0 Å². The van der Waals surface area contributed by atoms with Crippen LogP contribution in [0.15, 0.2) is 0 Å². The summed E-state index contributed by atoms with van der Waals surface area (Å²) >= 11 is 0. The lowest BCUT2D eigenvalue weighted by Gasteiger charge is -2.36. The number of rotatable bonds is 0. The summed E-state index contributed by atoms with van der Waals surface area (Å²) in [4.78, 5) is 12.5. The fraction of sp³-hybridized carbons (Fsp3) is 0.917. The monoisotopic (exact) mass is 257 g/mol. The Morgan fingerprint density at radius 1 is 1.22 bits per heavy atom. The number of ether oxygens (including phenoxy) is 4. The minimum absolute atomic E-state index is 0.192. The highest BCUT2D eigenvalue weighted by Gasteiger charge is 2.61. The lowest BCUT2D eigenvalue weighted by atomic mass is 9.99. The van der Waals surface area contributed by atoms with Crippen molar-refractivity contribution >= 4 is 5.78 Å². The van der Waals surface area contributed by atoms with Gasteiger partial charge in [-0.15, -0.1) is 0 Å². The zero-order valence-corrected chi connectivity index (χ0v) is 11.1. The Hall–Kier alpha value is -0.530. The van der Waals surface area contributed by atoms with Crippen LogP contribution in [0.2, 0.25) is 0 Å².